The van der Waals surface area contributed by atoms with Gasteiger partial charge in [0.2, 0.25) is 0 Å². The van der Waals surface area contributed by atoms with Gasteiger partial charge in [-0.05, 0) is 38.1 Å². The van der Waals surface area contributed by atoms with Gasteiger partial charge in [0.05, 0.1) is 0 Å². The molecule has 1 fully saturated rings. The van der Waals surface area contributed by atoms with Crippen molar-refractivity contribution in [3.63, 3.8) is 0 Å². The second-order valence-electron chi connectivity index (χ2n) is 5.94. The lowest BCUT2D eigenvalue weighted by Gasteiger charge is -2.38. The molecule has 100 valence electrons. The minimum atomic E-state index is 0.241. The normalized spacial score (nSPS) is 19.1. The highest BCUT2D eigenvalue weighted by molar-refractivity contribution is 5.35. The van der Waals surface area contributed by atoms with Crippen molar-refractivity contribution in [2.45, 2.75) is 44.1 Å². The predicted octanol–water partition coefficient (Wildman–Crippen LogP) is 2.91. The van der Waals surface area contributed by atoms with E-state index in [4.69, 9.17) is 5.73 Å². The van der Waals surface area contributed by atoms with Crippen LogP contribution in [0.25, 0.3) is 0 Å². The molecule has 0 radical (unpaired) electrons. The summed E-state index contributed by atoms with van der Waals surface area (Å²) in [5, 5.41) is 0. The maximum absolute atomic E-state index is 6.16. The van der Waals surface area contributed by atoms with Crippen molar-refractivity contribution in [3.8, 4) is 0 Å². The van der Waals surface area contributed by atoms with Crippen molar-refractivity contribution in [3.05, 3.63) is 35.4 Å². The highest BCUT2D eigenvalue weighted by Gasteiger charge is 2.33. The second-order valence-corrected chi connectivity index (χ2v) is 5.94. The Morgan fingerprint density at radius 3 is 2.39 bits per heavy atom. The Morgan fingerprint density at radius 1 is 1.11 bits per heavy atom. The van der Waals surface area contributed by atoms with Gasteiger partial charge in [-0.2, -0.15) is 0 Å². The van der Waals surface area contributed by atoms with E-state index >= 15 is 0 Å². The number of nitrogens with zero attached hydrogens (tertiary/aromatic N) is 1. The standard InChI is InChI=1S/C16H26N2/c1-18(2)12-14-8-4-5-9-15(14)16(13-17)10-6-3-7-11-16/h4-5,8-9H,3,6-7,10-13,17H2,1-2H3. The fourth-order valence-electron chi connectivity index (χ4n) is 3.33. The van der Waals surface area contributed by atoms with E-state index in [1.54, 1.807) is 0 Å². The van der Waals surface area contributed by atoms with Crippen molar-refractivity contribution in [2.24, 2.45) is 5.73 Å². The summed E-state index contributed by atoms with van der Waals surface area (Å²) in [6.07, 6.45) is 6.54. The summed E-state index contributed by atoms with van der Waals surface area (Å²) in [5.41, 5.74) is 9.35. The van der Waals surface area contributed by atoms with E-state index in [9.17, 15) is 0 Å². The monoisotopic (exact) mass is 246 g/mol. The van der Waals surface area contributed by atoms with Crippen LogP contribution in [-0.2, 0) is 12.0 Å². The Bertz CT molecular complexity index is 378. The van der Waals surface area contributed by atoms with E-state index in [1.165, 1.54) is 43.2 Å². The van der Waals surface area contributed by atoms with Gasteiger partial charge in [-0.1, -0.05) is 43.5 Å². The number of benzene rings is 1. The number of rotatable bonds is 4. The molecule has 0 unspecified atom stereocenters. The topological polar surface area (TPSA) is 29.3 Å². The SMILES string of the molecule is CN(C)Cc1ccccc1C1(CN)CCCCC1. The summed E-state index contributed by atoms with van der Waals surface area (Å²) >= 11 is 0. The van der Waals surface area contributed by atoms with Gasteiger partial charge >= 0.3 is 0 Å². The second kappa shape index (κ2) is 5.85. The summed E-state index contributed by atoms with van der Waals surface area (Å²) in [7, 11) is 4.26. The zero-order valence-corrected chi connectivity index (χ0v) is 11.8. The van der Waals surface area contributed by atoms with Crippen LogP contribution < -0.4 is 5.73 Å². The molecule has 0 heterocycles. The molecule has 0 bridgehead atoms. The molecule has 0 saturated heterocycles. The molecule has 2 rings (SSSR count). The molecule has 18 heavy (non-hydrogen) atoms. The third-order valence-corrected chi connectivity index (χ3v) is 4.28. The van der Waals surface area contributed by atoms with Crippen molar-refractivity contribution in [2.75, 3.05) is 20.6 Å². The molecule has 2 N–H and O–H groups in total. The number of hydrogen-bond acceptors (Lipinski definition) is 2. The van der Waals surface area contributed by atoms with Gasteiger partial charge in [-0.3, -0.25) is 0 Å². The van der Waals surface area contributed by atoms with Gasteiger partial charge in [-0.25, -0.2) is 0 Å². The molecule has 1 saturated carbocycles. The maximum Gasteiger partial charge on any atom is 0.0230 e. The van der Waals surface area contributed by atoms with E-state index in [-0.39, 0.29) is 5.41 Å². The first-order valence-corrected chi connectivity index (χ1v) is 7.11. The average molecular weight is 246 g/mol. The first-order chi connectivity index (χ1) is 8.68. The maximum atomic E-state index is 6.16. The fraction of sp³-hybridized carbons (Fsp3) is 0.625. The van der Waals surface area contributed by atoms with Gasteiger partial charge in [0.15, 0.2) is 0 Å². The minimum Gasteiger partial charge on any atom is -0.330 e. The van der Waals surface area contributed by atoms with Gasteiger partial charge in [0.1, 0.15) is 0 Å². The highest BCUT2D eigenvalue weighted by atomic mass is 15.0. The van der Waals surface area contributed by atoms with Crippen LogP contribution in [0.2, 0.25) is 0 Å². The van der Waals surface area contributed by atoms with Crippen LogP contribution in [0.3, 0.4) is 0 Å². The van der Waals surface area contributed by atoms with Crippen LogP contribution in [0.15, 0.2) is 24.3 Å². The first-order valence-electron chi connectivity index (χ1n) is 7.11. The van der Waals surface area contributed by atoms with Crippen LogP contribution in [-0.4, -0.2) is 25.5 Å². The largest absolute Gasteiger partial charge is 0.330 e. The van der Waals surface area contributed by atoms with Crippen molar-refractivity contribution >= 4 is 0 Å². The third kappa shape index (κ3) is 2.76. The molecule has 0 amide bonds. The predicted molar refractivity (Wildman–Crippen MR) is 77.7 cm³/mol. The molecule has 0 aromatic heterocycles. The number of nitrogens with two attached hydrogens (primary N) is 1. The molecule has 2 nitrogen and oxygen atoms in total. The molecule has 0 aliphatic heterocycles. The molecule has 1 aromatic rings. The molecule has 1 aliphatic rings. The molecule has 0 atom stereocenters. The molecule has 1 aromatic carbocycles. The summed E-state index contributed by atoms with van der Waals surface area (Å²) in [6.45, 7) is 1.80. The minimum absolute atomic E-state index is 0.241. The lowest BCUT2D eigenvalue weighted by atomic mass is 9.68. The Kier molecular flexibility index (Phi) is 4.41. The van der Waals surface area contributed by atoms with Crippen molar-refractivity contribution in [1.29, 1.82) is 0 Å². The molecular weight excluding hydrogens is 220 g/mol. The van der Waals surface area contributed by atoms with E-state index in [2.05, 4.69) is 43.3 Å². The lowest BCUT2D eigenvalue weighted by molar-refractivity contribution is 0.295. The van der Waals surface area contributed by atoms with Crippen LogP contribution in [0.5, 0.6) is 0 Å². The lowest BCUT2D eigenvalue weighted by Crippen LogP contribution is -2.38. The Hall–Kier alpha value is -0.860. The third-order valence-electron chi connectivity index (χ3n) is 4.28. The zero-order valence-electron chi connectivity index (χ0n) is 11.8. The summed E-state index contributed by atoms with van der Waals surface area (Å²) in [6, 6.07) is 8.88. The summed E-state index contributed by atoms with van der Waals surface area (Å²) < 4.78 is 0. The highest BCUT2D eigenvalue weighted by Crippen LogP contribution is 2.40. The van der Waals surface area contributed by atoms with Crippen molar-refractivity contribution < 1.29 is 0 Å². The van der Waals surface area contributed by atoms with Crippen LogP contribution in [0.4, 0.5) is 0 Å². The zero-order chi connectivity index (χ0) is 13.0. The van der Waals surface area contributed by atoms with E-state index in [0.717, 1.165) is 13.1 Å². The molecule has 2 heteroatoms. The van der Waals surface area contributed by atoms with Crippen LogP contribution in [0, 0.1) is 0 Å². The Balaban J connectivity index is 2.35. The fourth-order valence-corrected chi connectivity index (χ4v) is 3.33. The molecule has 1 aliphatic carbocycles. The summed E-state index contributed by atoms with van der Waals surface area (Å²) in [5.74, 6) is 0. The average Bonchev–Trinajstić information content (AvgIpc) is 2.39. The number of hydrogen-bond donors (Lipinski definition) is 1. The van der Waals surface area contributed by atoms with E-state index < -0.39 is 0 Å². The van der Waals surface area contributed by atoms with Gasteiger partial charge in [0, 0.05) is 18.5 Å². The molecule has 0 spiro atoms. The Morgan fingerprint density at radius 2 is 1.78 bits per heavy atom. The van der Waals surface area contributed by atoms with Gasteiger partial charge < -0.3 is 10.6 Å². The van der Waals surface area contributed by atoms with Crippen LogP contribution >= 0.6 is 0 Å². The van der Waals surface area contributed by atoms with Gasteiger partial charge in [-0.15, -0.1) is 0 Å². The first kappa shape index (κ1) is 13.6. The Labute approximate surface area is 111 Å². The summed E-state index contributed by atoms with van der Waals surface area (Å²) in [4.78, 5) is 2.24. The van der Waals surface area contributed by atoms with Crippen LogP contribution in [0.1, 0.15) is 43.2 Å². The van der Waals surface area contributed by atoms with Crippen molar-refractivity contribution in [1.82, 2.24) is 4.90 Å². The quantitative estimate of drug-likeness (QED) is 0.885. The van der Waals surface area contributed by atoms with Gasteiger partial charge in [0.25, 0.3) is 0 Å². The molecular formula is C16H26N2. The van der Waals surface area contributed by atoms with E-state index in [1.807, 2.05) is 0 Å². The smallest absolute Gasteiger partial charge is 0.0230 e. The van der Waals surface area contributed by atoms with E-state index in [0.29, 0.717) is 0 Å².